The zero-order valence-electron chi connectivity index (χ0n) is 7.95. The molecule has 0 bridgehead atoms. The first-order chi connectivity index (χ1) is 6.90. The maximum atomic E-state index is 5.91. The van der Waals surface area contributed by atoms with Crippen molar-refractivity contribution in [3.05, 3.63) is 6.33 Å². The zero-order valence-corrected chi connectivity index (χ0v) is 9.52. The summed E-state index contributed by atoms with van der Waals surface area (Å²) in [5.41, 5.74) is 0. The van der Waals surface area contributed by atoms with Crippen molar-refractivity contribution in [3.8, 4) is 0 Å². The average Bonchev–Trinajstić information content (AvgIpc) is 2.85. The summed E-state index contributed by atoms with van der Waals surface area (Å²) >= 11 is 7.32. The highest BCUT2D eigenvalue weighted by atomic mass is 35.5. The van der Waals surface area contributed by atoms with E-state index in [-0.39, 0.29) is 0 Å². The predicted molar refractivity (Wildman–Crippen MR) is 59.9 cm³/mol. The number of halogens is 1. The van der Waals surface area contributed by atoms with Crippen molar-refractivity contribution in [1.29, 1.82) is 0 Å². The Labute approximate surface area is 93.1 Å². The van der Waals surface area contributed by atoms with Crippen molar-refractivity contribution >= 4 is 28.3 Å². The lowest BCUT2D eigenvalue weighted by atomic mass is 9.98. The van der Waals surface area contributed by atoms with Gasteiger partial charge < -0.3 is 5.32 Å². The van der Waals surface area contributed by atoms with Gasteiger partial charge in [-0.1, -0.05) is 6.42 Å². The summed E-state index contributed by atoms with van der Waals surface area (Å²) in [6.45, 7) is 0.993. The SMILES string of the molecule is ClCC1CCCC1CNc1ncns1. The first-order valence-corrected chi connectivity index (χ1v) is 6.27. The Kier molecular flexibility index (Phi) is 3.59. The molecule has 78 valence electrons. The van der Waals surface area contributed by atoms with Gasteiger partial charge >= 0.3 is 0 Å². The van der Waals surface area contributed by atoms with Crippen LogP contribution in [0.4, 0.5) is 5.13 Å². The Morgan fingerprint density at radius 3 is 3.07 bits per heavy atom. The summed E-state index contributed by atoms with van der Waals surface area (Å²) in [4.78, 5) is 4.09. The number of nitrogens with zero attached hydrogens (tertiary/aromatic N) is 2. The van der Waals surface area contributed by atoms with E-state index in [4.69, 9.17) is 11.6 Å². The molecule has 0 radical (unpaired) electrons. The highest BCUT2D eigenvalue weighted by Crippen LogP contribution is 2.32. The van der Waals surface area contributed by atoms with E-state index in [2.05, 4.69) is 14.7 Å². The molecule has 1 aliphatic carbocycles. The van der Waals surface area contributed by atoms with E-state index in [0.29, 0.717) is 5.92 Å². The van der Waals surface area contributed by atoms with Crippen molar-refractivity contribution < 1.29 is 0 Å². The van der Waals surface area contributed by atoms with Crippen LogP contribution in [0.2, 0.25) is 0 Å². The molecule has 0 saturated heterocycles. The minimum atomic E-state index is 0.692. The molecule has 0 spiro atoms. The summed E-state index contributed by atoms with van der Waals surface area (Å²) in [6, 6.07) is 0. The van der Waals surface area contributed by atoms with E-state index in [1.165, 1.54) is 30.8 Å². The van der Waals surface area contributed by atoms with Crippen LogP contribution < -0.4 is 5.32 Å². The van der Waals surface area contributed by atoms with Crippen LogP contribution in [0.1, 0.15) is 19.3 Å². The van der Waals surface area contributed by atoms with E-state index in [1.54, 1.807) is 6.33 Å². The largest absolute Gasteiger partial charge is 0.360 e. The Bertz CT molecular complexity index is 265. The molecule has 2 unspecified atom stereocenters. The van der Waals surface area contributed by atoms with E-state index in [9.17, 15) is 0 Å². The minimum absolute atomic E-state index is 0.692. The Morgan fingerprint density at radius 2 is 2.36 bits per heavy atom. The van der Waals surface area contributed by atoms with Crippen LogP contribution in [0.15, 0.2) is 6.33 Å². The van der Waals surface area contributed by atoms with E-state index in [0.717, 1.165) is 23.5 Å². The van der Waals surface area contributed by atoms with Crippen molar-refractivity contribution in [1.82, 2.24) is 9.36 Å². The van der Waals surface area contributed by atoms with Gasteiger partial charge in [-0.25, -0.2) is 4.98 Å². The molecule has 0 aliphatic heterocycles. The van der Waals surface area contributed by atoms with E-state index < -0.39 is 0 Å². The van der Waals surface area contributed by atoms with Gasteiger partial charge in [-0.05, 0) is 24.7 Å². The lowest BCUT2D eigenvalue weighted by molar-refractivity contribution is 0.444. The number of aromatic nitrogens is 2. The fourth-order valence-corrected chi connectivity index (χ4v) is 2.90. The highest BCUT2D eigenvalue weighted by molar-refractivity contribution is 7.09. The molecule has 0 amide bonds. The van der Waals surface area contributed by atoms with Crippen LogP contribution in [0.3, 0.4) is 0 Å². The monoisotopic (exact) mass is 231 g/mol. The van der Waals surface area contributed by atoms with Crippen molar-refractivity contribution in [2.75, 3.05) is 17.7 Å². The van der Waals surface area contributed by atoms with Gasteiger partial charge in [-0.3, -0.25) is 0 Å². The molecule has 1 aromatic heterocycles. The molecule has 2 atom stereocenters. The highest BCUT2D eigenvalue weighted by Gasteiger charge is 2.26. The van der Waals surface area contributed by atoms with Crippen molar-refractivity contribution in [2.45, 2.75) is 19.3 Å². The van der Waals surface area contributed by atoms with Gasteiger partial charge in [0.2, 0.25) is 5.13 Å². The van der Waals surface area contributed by atoms with Gasteiger partial charge in [0.15, 0.2) is 0 Å². The van der Waals surface area contributed by atoms with Crippen LogP contribution >= 0.6 is 23.1 Å². The fraction of sp³-hybridized carbons (Fsp3) is 0.778. The van der Waals surface area contributed by atoms with Gasteiger partial charge in [0.05, 0.1) is 0 Å². The molecule has 1 saturated carbocycles. The van der Waals surface area contributed by atoms with Crippen molar-refractivity contribution in [2.24, 2.45) is 11.8 Å². The third kappa shape index (κ3) is 2.36. The van der Waals surface area contributed by atoms with Gasteiger partial charge in [-0.2, -0.15) is 4.37 Å². The Hall–Kier alpha value is -0.350. The number of hydrogen-bond donors (Lipinski definition) is 1. The second kappa shape index (κ2) is 4.94. The standard InChI is InChI=1S/C9H14ClN3S/c10-4-7-2-1-3-8(7)5-11-9-12-6-13-14-9/h6-8H,1-5H2,(H,11,12,13). The maximum absolute atomic E-state index is 5.91. The van der Waals surface area contributed by atoms with Gasteiger partial charge in [0, 0.05) is 24.0 Å². The molecular formula is C9H14ClN3S. The molecule has 1 N–H and O–H groups in total. The number of anilines is 1. The molecule has 5 heteroatoms. The molecular weight excluding hydrogens is 218 g/mol. The average molecular weight is 232 g/mol. The smallest absolute Gasteiger partial charge is 0.202 e. The number of rotatable bonds is 4. The zero-order chi connectivity index (χ0) is 9.80. The molecule has 3 nitrogen and oxygen atoms in total. The minimum Gasteiger partial charge on any atom is -0.360 e. The third-order valence-electron chi connectivity index (χ3n) is 2.89. The summed E-state index contributed by atoms with van der Waals surface area (Å²) in [6.07, 6.45) is 5.48. The molecule has 1 aromatic rings. The third-order valence-corrected chi connectivity index (χ3v) is 3.91. The Morgan fingerprint density at radius 1 is 1.50 bits per heavy atom. The predicted octanol–water partition coefficient (Wildman–Crippen LogP) is 2.61. The topological polar surface area (TPSA) is 37.8 Å². The second-order valence-corrected chi connectivity index (χ2v) is 4.82. The Balaban J connectivity index is 1.80. The lowest BCUT2D eigenvalue weighted by Gasteiger charge is -2.16. The van der Waals surface area contributed by atoms with Crippen LogP contribution in [0, 0.1) is 11.8 Å². The maximum Gasteiger partial charge on any atom is 0.202 e. The molecule has 0 aromatic carbocycles. The molecule has 1 heterocycles. The summed E-state index contributed by atoms with van der Waals surface area (Å²) < 4.78 is 3.95. The summed E-state index contributed by atoms with van der Waals surface area (Å²) in [7, 11) is 0. The molecule has 1 fully saturated rings. The normalized spacial score (nSPS) is 26.6. The fourth-order valence-electron chi connectivity index (χ4n) is 2.05. The van der Waals surface area contributed by atoms with Crippen LogP contribution in [0.5, 0.6) is 0 Å². The van der Waals surface area contributed by atoms with Crippen LogP contribution in [-0.2, 0) is 0 Å². The lowest BCUT2D eigenvalue weighted by Crippen LogP contribution is -2.19. The molecule has 14 heavy (non-hydrogen) atoms. The van der Waals surface area contributed by atoms with E-state index in [1.807, 2.05) is 0 Å². The summed E-state index contributed by atoms with van der Waals surface area (Å²) in [5.74, 6) is 2.20. The van der Waals surface area contributed by atoms with Gasteiger partial charge in [-0.15, -0.1) is 11.6 Å². The van der Waals surface area contributed by atoms with Crippen LogP contribution in [0.25, 0.3) is 0 Å². The second-order valence-electron chi connectivity index (χ2n) is 3.73. The summed E-state index contributed by atoms with van der Waals surface area (Å²) in [5, 5.41) is 4.24. The van der Waals surface area contributed by atoms with Crippen molar-refractivity contribution in [3.63, 3.8) is 0 Å². The number of alkyl halides is 1. The molecule has 2 rings (SSSR count). The first-order valence-electron chi connectivity index (χ1n) is 4.96. The van der Waals surface area contributed by atoms with Crippen LogP contribution in [-0.4, -0.2) is 21.8 Å². The van der Waals surface area contributed by atoms with E-state index >= 15 is 0 Å². The molecule has 1 aliphatic rings. The number of nitrogens with one attached hydrogen (secondary N) is 1. The quantitative estimate of drug-likeness (QED) is 0.810. The first kappa shape index (κ1) is 10.2. The van der Waals surface area contributed by atoms with Gasteiger partial charge in [0.1, 0.15) is 6.33 Å². The van der Waals surface area contributed by atoms with Gasteiger partial charge in [0.25, 0.3) is 0 Å². The number of hydrogen-bond acceptors (Lipinski definition) is 4.